The van der Waals surface area contributed by atoms with Crippen LogP contribution in [0.2, 0.25) is 5.02 Å². The van der Waals surface area contributed by atoms with Gasteiger partial charge in [-0.05, 0) is 47.0 Å². The maximum atomic E-state index is 12.3. The Morgan fingerprint density at radius 3 is 2.55 bits per heavy atom. The summed E-state index contributed by atoms with van der Waals surface area (Å²) in [6.45, 7) is 0. The van der Waals surface area contributed by atoms with Gasteiger partial charge in [-0.15, -0.1) is 0 Å². The third kappa shape index (κ3) is 3.41. The average molecular weight is 359 g/mol. The zero-order valence-corrected chi connectivity index (χ0v) is 12.8. The van der Waals surface area contributed by atoms with Gasteiger partial charge in [0.15, 0.2) is 0 Å². The Morgan fingerprint density at radius 1 is 1.25 bits per heavy atom. The van der Waals surface area contributed by atoms with Crippen LogP contribution in [0.3, 0.4) is 0 Å². The van der Waals surface area contributed by atoms with Crippen LogP contribution in [0, 0.1) is 11.8 Å². The fourth-order valence-electron chi connectivity index (χ4n) is 2.20. The van der Waals surface area contributed by atoms with Crippen molar-refractivity contribution < 1.29 is 14.7 Å². The van der Waals surface area contributed by atoms with E-state index < -0.39 is 17.8 Å². The molecule has 0 saturated carbocycles. The van der Waals surface area contributed by atoms with E-state index in [9.17, 15) is 14.7 Å². The first kappa shape index (κ1) is 15.1. The average Bonchev–Trinajstić information content (AvgIpc) is 2.42. The maximum absolute atomic E-state index is 12.3. The Bertz CT molecular complexity index is 574. The lowest BCUT2D eigenvalue weighted by molar-refractivity contribution is -0.146. The molecule has 0 fully saturated rings. The molecule has 0 radical (unpaired) electrons. The number of carbonyl (C=O) groups is 2. The summed E-state index contributed by atoms with van der Waals surface area (Å²) in [4.78, 5) is 23.5. The molecule has 2 unspecified atom stereocenters. The van der Waals surface area contributed by atoms with Gasteiger partial charge in [-0.25, -0.2) is 0 Å². The molecule has 6 heteroatoms. The van der Waals surface area contributed by atoms with E-state index in [1.165, 1.54) is 0 Å². The third-order valence-corrected chi connectivity index (χ3v) is 4.20. The molecule has 106 valence electrons. The molecule has 0 spiro atoms. The van der Waals surface area contributed by atoms with Crippen molar-refractivity contribution in [3.63, 3.8) is 0 Å². The summed E-state index contributed by atoms with van der Waals surface area (Å²) in [6, 6.07) is 5.05. The van der Waals surface area contributed by atoms with Gasteiger partial charge in [0.05, 0.1) is 17.5 Å². The predicted octanol–water partition coefficient (Wildman–Crippen LogP) is 3.71. The Kier molecular flexibility index (Phi) is 4.83. The minimum Gasteiger partial charge on any atom is -0.481 e. The highest BCUT2D eigenvalue weighted by Gasteiger charge is 2.34. The summed E-state index contributed by atoms with van der Waals surface area (Å²) in [7, 11) is 0. The molecule has 0 heterocycles. The summed E-state index contributed by atoms with van der Waals surface area (Å²) in [5.41, 5.74) is 0.543. The van der Waals surface area contributed by atoms with Crippen LogP contribution in [0.4, 0.5) is 5.69 Å². The number of carbonyl (C=O) groups excluding carboxylic acids is 1. The zero-order chi connectivity index (χ0) is 14.7. The van der Waals surface area contributed by atoms with Crippen LogP contribution in [0.1, 0.15) is 12.8 Å². The van der Waals surface area contributed by atoms with Gasteiger partial charge in [0.1, 0.15) is 0 Å². The van der Waals surface area contributed by atoms with Crippen LogP contribution in [0.25, 0.3) is 0 Å². The Balaban J connectivity index is 2.16. The summed E-state index contributed by atoms with van der Waals surface area (Å²) in [5, 5.41) is 12.4. The molecule has 1 aromatic carbocycles. The van der Waals surface area contributed by atoms with E-state index in [1.807, 2.05) is 6.08 Å². The largest absolute Gasteiger partial charge is 0.481 e. The number of allylic oxidation sites excluding steroid dienone is 2. The van der Waals surface area contributed by atoms with Crippen LogP contribution >= 0.6 is 27.5 Å². The monoisotopic (exact) mass is 357 g/mol. The van der Waals surface area contributed by atoms with Crippen LogP contribution < -0.4 is 5.32 Å². The molecule has 0 aliphatic heterocycles. The van der Waals surface area contributed by atoms with Gasteiger partial charge in [-0.2, -0.15) is 0 Å². The number of nitrogens with one attached hydrogen (secondary N) is 1. The van der Waals surface area contributed by atoms with Crippen LogP contribution in [-0.4, -0.2) is 17.0 Å². The minimum absolute atomic E-state index is 0.301. The molecule has 1 aliphatic rings. The van der Waals surface area contributed by atoms with Crippen molar-refractivity contribution in [2.45, 2.75) is 12.8 Å². The van der Waals surface area contributed by atoms with Crippen LogP contribution in [0.5, 0.6) is 0 Å². The summed E-state index contributed by atoms with van der Waals surface area (Å²) in [6.07, 6.45) is 4.46. The van der Waals surface area contributed by atoms with Crippen molar-refractivity contribution in [1.29, 1.82) is 0 Å². The summed E-state index contributed by atoms with van der Waals surface area (Å²) < 4.78 is 0.702. The Hall–Kier alpha value is -1.33. The standard InChI is InChI=1S/C14H13BrClNO3/c15-11-6-5-8(16)7-12(11)17-13(18)9-3-1-2-4-10(9)14(19)20/h1-2,5-7,9-10H,3-4H2,(H,17,18)(H,19,20). The lowest BCUT2D eigenvalue weighted by Crippen LogP contribution is -2.34. The third-order valence-electron chi connectivity index (χ3n) is 3.27. The van der Waals surface area contributed by atoms with Crippen molar-refractivity contribution in [3.8, 4) is 0 Å². The summed E-state index contributed by atoms with van der Waals surface area (Å²) in [5.74, 6) is -2.49. The molecule has 1 aromatic rings. The van der Waals surface area contributed by atoms with E-state index in [2.05, 4.69) is 21.2 Å². The second-order valence-electron chi connectivity index (χ2n) is 4.61. The number of benzene rings is 1. The van der Waals surface area contributed by atoms with E-state index in [1.54, 1.807) is 24.3 Å². The minimum atomic E-state index is -0.945. The molecule has 4 nitrogen and oxygen atoms in total. The quantitative estimate of drug-likeness (QED) is 0.810. The van der Waals surface area contributed by atoms with Crippen LogP contribution in [0.15, 0.2) is 34.8 Å². The van der Waals surface area contributed by atoms with Crippen molar-refractivity contribution >= 4 is 45.1 Å². The normalized spacial score (nSPS) is 21.5. The molecule has 2 rings (SSSR count). The molecular weight excluding hydrogens is 346 g/mol. The van der Waals surface area contributed by atoms with Crippen molar-refractivity contribution in [1.82, 2.24) is 0 Å². The Labute approximate surface area is 129 Å². The molecular formula is C14H13BrClNO3. The maximum Gasteiger partial charge on any atom is 0.307 e. The predicted molar refractivity (Wildman–Crippen MR) is 80.8 cm³/mol. The van der Waals surface area contributed by atoms with Gasteiger partial charge in [0.25, 0.3) is 0 Å². The number of amides is 1. The second-order valence-corrected chi connectivity index (χ2v) is 5.90. The van der Waals surface area contributed by atoms with Gasteiger partial charge in [0, 0.05) is 9.50 Å². The van der Waals surface area contributed by atoms with Gasteiger partial charge in [0.2, 0.25) is 5.91 Å². The molecule has 20 heavy (non-hydrogen) atoms. The first-order chi connectivity index (χ1) is 9.49. The fraction of sp³-hybridized carbons (Fsp3) is 0.286. The van der Waals surface area contributed by atoms with Gasteiger partial charge >= 0.3 is 5.97 Å². The SMILES string of the molecule is O=C(O)C1CC=CCC1C(=O)Nc1cc(Cl)ccc1Br. The van der Waals surface area contributed by atoms with Crippen LogP contribution in [-0.2, 0) is 9.59 Å². The van der Waals surface area contributed by atoms with Crippen molar-refractivity contribution in [2.24, 2.45) is 11.8 Å². The first-order valence-corrected chi connectivity index (χ1v) is 7.30. The molecule has 2 N–H and O–H groups in total. The molecule has 1 aliphatic carbocycles. The van der Waals surface area contributed by atoms with E-state index in [4.69, 9.17) is 11.6 Å². The number of carboxylic acid groups (broad SMARTS) is 1. The zero-order valence-electron chi connectivity index (χ0n) is 10.5. The number of halogens is 2. The van der Waals surface area contributed by atoms with E-state index in [-0.39, 0.29) is 5.91 Å². The summed E-state index contributed by atoms with van der Waals surface area (Å²) >= 11 is 9.21. The molecule has 0 bridgehead atoms. The number of hydrogen-bond donors (Lipinski definition) is 2. The smallest absolute Gasteiger partial charge is 0.307 e. The number of rotatable bonds is 3. The fourth-order valence-corrected chi connectivity index (χ4v) is 2.71. The Morgan fingerprint density at radius 2 is 1.90 bits per heavy atom. The number of hydrogen-bond acceptors (Lipinski definition) is 2. The van der Waals surface area contributed by atoms with Gasteiger partial charge in [-0.3, -0.25) is 9.59 Å². The number of anilines is 1. The van der Waals surface area contributed by atoms with Crippen molar-refractivity contribution in [3.05, 3.63) is 39.8 Å². The first-order valence-electron chi connectivity index (χ1n) is 6.12. The highest BCUT2D eigenvalue weighted by Crippen LogP contribution is 2.30. The molecule has 0 aromatic heterocycles. The van der Waals surface area contributed by atoms with E-state index in [0.717, 1.165) is 0 Å². The molecule has 1 amide bonds. The number of aliphatic carboxylic acids is 1. The van der Waals surface area contributed by atoms with E-state index >= 15 is 0 Å². The highest BCUT2D eigenvalue weighted by atomic mass is 79.9. The second kappa shape index (κ2) is 6.41. The van der Waals surface area contributed by atoms with Gasteiger partial charge < -0.3 is 10.4 Å². The molecule has 0 saturated heterocycles. The topological polar surface area (TPSA) is 66.4 Å². The molecule has 2 atom stereocenters. The van der Waals surface area contributed by atoms with E-state index in [0.29, 0.717) is 28.0 Å². The lowest BCUT2D eigenvalue weighted by Gasteiger charge is -2.24. The van der Waals surface area contributed by atoms with Crippen molar-refractivity contribution in [2.75, 3.05) is 5.32 Å². The lowest BCUT2D eigenvalue weighted by atomic mass is 9.82. The number of carboxylic acids is 1. The van der Waals surface area contributed by atoms with Gasteiger partial charge in [-0.1, -0.05) is 23.8 Å². The highest BCUT2D eigenvalue weighted by molar-refractivity contribution is 9.10.